The summed E-state index contributed by atoms with van der Waals surface area (Å²) in [4.78, 5) is 11.6. The van der Waals surface area contributed by atoms with Gasteiger partial charge in [0.25, 0.3) is 0 Å². The van der Waals surface area contributed by atoms with Crippen LogP contribution in [0.1, 0.15) is 24.8 Å². The fraction of sp³-hybridized carbons (Fsp3) is 0.500. The van der Waals surface area contributed by atoms with Gasteiger partial charge in [-0.2, -0.15) is 13.2 Å². The normalized spacial score (nSPS) is 16.4. The van der Waals surface area contributed by atoms with Gasteiger partial charge in [-0.25, -0.2) is 4.79 Å². The molecule has 1 aromatic rings. The minimum absolute atomic E-state index is 0.220. The van der Waals surface area contributed by atoms with E-state index in [0.717, 1.165) is 18.9 Å². The quantitative estimate of drug-likeness (QED) is 0.783. The summed E-state index contributed by atoms with van der Waals surface area (Å²) in [5.41, 5.74) is -1.18. The van der Waals surface area contributed by atoms with Crippen LogP contribution in [-0.4, -0.2) is 23.8 Å². The lowest BCUT2D eigenvalue weighted by atomic mass is 10.1. The van der Waals surface area contributed by atoms with Gasteiger partial charge in [0.15, 0.2) is 0 Å². The summed E-state index contributed by atoms with van der Waals surface area (Å²) >= 11 is 0. The number of nitrogens with one attached hydrogen (secondary N) is 2. The zero-order chi connectivity index (χ0) is 15.5. The lowest BCUT2D eigenvalue weighted by Crippen LogP contribution is -2.32. The maximum absolute atomic E-state index is 12.7. The molecule has 7 heteroatoms. The monoisotopic (exact) mass is 302 g/mol. The van der Waals surface area contributed by atoms with Crippen LogP contribution in [0.5, 0.6) is 0 Å². The van der Waals surface area contributed by atoms with Crippen LogP contribution in [0.15, 0.2) is 24.3 Å². The van der Waals surface area contributed by atoms with Crippen LogP contribution in [0.4, 0.5) is 23.7 Å². The van der Waals surface area contributed by atoms with Gasteiger partial charge in [0.05, 0.1) is 17.4 Å². The summed E-state index contributed by atoms with van der Waals surface area (Å²) in [6.45, 7) is 0.220. The van der Waals surface area contributed by atoms with Crippen molar-refractivity contribution >= 4 is 11.7 Å². The molecule has 0 aliphatic heterocycles. The molecule has 0 saturated heterocycles. The fourth-order valence-corrected chi connectivity index (χ4v) is 2.06. The Labute approximate surface area is 120 Å². The van der Waals surface area contributed by atoms with Crippen molar-refractivity contribution in [1.82, 2.24) is 5.32 Å². The summed E-state index contributed by atoms with van der Waals surface area (Å²) in [7, 11) is 0. The predicted molar refractivity (Wildman–Crippen MR) is 71.8 cm³/mol. The third-order valence-corrected chi connectivity index (χ3v) is 3.37. The molecule has 0 spiro atoms. The number of alkyl halides is 3. The van der Waals surface area contributed by atoms with E-state index in [-0.39, 0.29) is 12.2 Å². The maximum atomic E-state index is 12.7. The Morgan fingerprint density at radius 2 is 2.00 bits per heavy atom. The first kappa shape index (κ1) is 15.6. The maximum Gasteiger partial charge on any atom is 0.418 e. The summed E-state index contributed by atoms with van der Waals surface area (Å²) in [5.74, 6) is 0.306. The number of amides is 2. The second-order valence-corrected chi connectivity index (χ2v) is 5.12. The van der Waals surface area contributed by atoms with Gasteiger partial charge in [-0.15, -0.1) is 0 Å². The number of anilines is 1. The van der Waals surface area contributed by atoms with E-state index in [2.05, 4.69) is 10.6 Å². The molecule has 1 aliphatic carbocycles. The summed E-state index contributed by atoms with van der Waals surface area (Å²) in [6, 6.07) is 4.07. The summed E-state index contributed by atoms with van der Waals surface area (Å²) in [5, 5.41) is 14.3. The van der Waals surface area contributed by atoms with Gasteiger partial charge >= 0.3 is 12.2 Å². The standard InChI is InChI=1S/C14H17F3N2O2/c15-14(16,17)10-3-1-2-4-11(10)19-13(21)18-8-7-12(20)9-5-6-9/h1-4,9,12,20H,5-8H2,(H2,18,19,21)/t12-/m1/s1. The number of hydrogen-bond acceptors (Lipinski definition) is 2. The fourth-order valence-electron chi connectivity index (χ4n) is 2.06. The van der Waals surface area contributed by atoms with E-state index >= 15 is 0 Å². The number of halogens is 3. The van der Waals surface area contributed by atoms with Gasteiger partial charge in [0.1, 0.15) is 0 Å². The number of hydrogen-bond donors (Lipinski definition) is 3. The second kappa shape index (κ2) is 6.34. The van der Waals surface area contributed by atoms with Crippen molar-refractivity contribution in [3.8, 4) is 0 Å². The molecule has 0 aromatic heterocycles. The van der Waals surface area contributed by atoms with Crippen molar-refractivity contribution in [3.63, 3.8) is 0 Å². The molecular weight excluding hydrogens is 285 g/mol. The van der Waals surface area contributed by atoms with Gasteiger partial charge in [-0.05, 0) is 37.3 Å². The minimum atomic E-state index is -4.52. The van der Waals surface area contributed by atoms with E-state index in [1.54, 1.807) is 0 Å². The Morgan fingerprint density at radius 1 is 1.33 bits per heavy atom. The smallest absolute Gasteiger partial charge is 0.393 e. The van der Waals surface area contributed by atoms with Crippen molar-refractivity contribution in [3.05, 3.63) is 29.8 Å². The Morgan fingerprint density at radius 3 is 2.62 bits per heavy atom. The SMILES string of the molecule is O=C(NCC[C@@H](O)C1CC1)Nc1ccccc1C(F)(F)F. The van der Waals surface area contributed by atoms with Crippen LogP contribution in [0.25, 0.3) is 0 Å². The van der Waals surface area contributed by atoms with Gasteiger partial charge in [0, 0.05) is 6.54 Å². The van der Waals surface area contributed by atoms with Crippen molar-refractivity contribution in [2.45, 2.75) is 31.5 Å². The van der Waals surface area contributed by atoms with Crippen molar-refractivity contribution in [2.75, 3.05) is 11.9 Å². The van der Waals surface area contributed by atoms with E-state index in [1.807, 2.05) is 0 Å². The third-order valence-electron chi connectivity index (χ3n) is 3.37. The zero-order valence-electron chi connectivity index (χ0n) is 11.3. The average Bonchev–Trinajstić information content (AvgIpc) is 3.22. The highest BCUT2D eigenvalue weighted by Gasteiger charge is 2.33. The number of carbonyl (C=O) groups excluding carboxylic acids is 1. The molecule has 1 aromatic carbocycles. The van der Waals surface area contributed by atoms with E-state index in [9.17, 15) is 23.1 Å². The number of aliphatic hydroxyl groups is 1. The molecule has 4 nitrogen and oxygen atoms in total. The molecule has 1 fully saturated rings. The Kier molecular flexibility index (Phi) is 4.72. The topological polar surface area (TPSA) is 61.4 Å². The molecule has 0 bridgehead atoms. The van der Waals surface area contributed by atoms with Crippen LogP contribution in [0, 0.1) is 5.92 Å². The lowest BCUT2D eigenvalue weighted by molar-refractivity contribution is -0.136. The average molecular weight is 302 g/mol. The molecule has 1 atom stereocenters. The molecule has 21 heavy (non-hydrogen) atoms. The number of urea groups is 1. The van der Waals surface area contributed by atoms with Crippen molar-refractivity contribution in [1.29, 1.82) is 0 Å². The number of carbonyl (C=O) groups is 1. The molecule has 1 aliphatic rings. The van der Waals surface area contributed by atoms with Crippen LogP contribution in [0.3, 0.4) is 0 Å². The van der Waals surface area contributed by atoms with Gasteiger partial charge in [-0.1, -0.05) is 12.1 Å². The Balaban J connectivity index is 1.84. The van der Waals surface area contributed by atoms with Crippen LogP contribution >= 0.6 is 0 Å². The van der Waals surface area contributed by atoms with E-state index in [1.165, 1.54) is 18.2 Å². The lowest BCUT2D eigenvalue weighted by Gasteiger charge is -2.14. The zero-order valence-corrected chi connectivity index (χ0v) is 11.3. The molecule has 0 unspecified atom stereocenters. The molecule has 2 amide bonds. The Bertz CT molecular complexity index is 501. The summed E-state index contributed by atoms with van der Waals surface area (Å²) < 4.78 is 38.2. The first-order valence-electron chi connectivity index (χ1n) is 6.77. The van der Waals surface area contributed by atoms with Gasteiger partial charge in [-0.3, -0.25) is 0 Å². The number of para-hydroxylation sites is 1. The highest BCUT2D eigenvalue weighted by Crippen LogP contribution is 2.35. The number of rotatable bonds is 5. The van der Waals surface area contributed by atoms with E-state index < -0.39 is 23.9 Å². The van der Waals surface area contributed by atoms with E-state index in [0.29, 0.717) is 12.3 Å². The molecule has 1 saturated carbocycles. The van der Waals surface area contributed by atoms with Gasteiger partial charge < -0.3 is 15.7 Å². The Hall–Kier alpha value is -1.76. The summed E-state index contributed by atoms with van der Waals surface area (Å²) in [6.07, 6.45) is -2.59. The van der Waals surface area contributed by atoms with Crippen LogP contribution in [-0.2, 0) is 6.18 Å². The highest BCUT2D eigenvalue weighted by atomic mass is 19.4. The minimum Gasteiger partial charge on any atom is -0.393 e. The first-order valence-corrected chi connectivity index (χ1v) is 6.77. The molecule has 0 radical (unpaired) electrons. The molecule has 2 rings (SSSR count). The molecule has 0 heterocycles. The highest BCUT2D eigenvalue weighted by molar-refractivity contribution is 5.90. The van der Waals surface area contributed by atoms with Crippen LogP contribution in [0.2, 0.25) is 0 Å². The first-order chi connectivity index (χ1) is 9.88. The molecule has 116 valence electrons. The van der Waals surface area contributed by atoms with E-state index in [4.69, 9.17) is 0 Å². The van der Waals surface area contributed by atoms with Crippen molar-refractivity contribution < 1.29 is 23.1 Å². The van der Waals surface area contributed by atoms with Gasteiger partial charge in [0.2, 0.25) is 0 Å². The van der Waals surface area contributed by atoms with Crippen LogP contribution < -0.4 is 10.6 Å². The predicted octanol–water partition coefficient (Wildman–Crippen LogP) is 2.99. The number of aliphatic hydroxyl groups excluding tert-OH is 1. The third kappa shape index (κ3) is 4.63. The molecular formula is C14H17F3N2O2. The second-order valence-electron chi connectivity index (χ2n) is 5.12. The largest absolute Gasteiger partial charge is 0.418 e. The molecule has 3 N–H and O–H groups in total. The number of benzene rings is 1. The van der Waals surface area contributed by atoms with Crippen molar-refractivity contribution in [2.24, 2.45) is 5.92 Å².